The maximum absolute atomic E-state index is 11.8. The lowest BCUT2D eigenvalue weighted by Gasteiger charge is -2.08. The monoisotopic (exact) mass is 212 g/mol. The summed E-state index contributed by atoms with van der Waals surface area (Å²) in [5.41, 5.74) is 1.15. The van der Waals surface area contributed by atoms with Gasteiger partial charge in [-0.15, -0.1) is 0 Å². The normalized spacial score (nSPS) is 9.50. The highest BCUT2D eigenvalue weighted by molar-refractivity contribution is 7.80. The van der Waals surface area contributed by atoms with Gasteiger partial charge >= 0.3 is 0 Å². The molecule has 76 valence electrons. The summed E-state index contributed by atoms with van der Waals surface area (Å²) in [5, 5.41) is 6.23. The summed E-state index contributed by atoms with van der Waals surface area (Å²) in [7, 11) is 0. The van der Waals surface area contributed by atoms with E-state index in [0.717, 1.165) is 5.56 Å². The Balaban J connectivity index is 2.24. The third kappa shape index (κ3) is 4.18. The molecule has 0 fully saturated rings. The fourth-order valence-corrected chi connectivity index (χ4v) is 1.18. The number of hydrogen-bond acceptors (Lipinski definition) is 1. The molecule has 4 heteroatoms. The maximum atomic E-state index is 11.8. The maximum Gasteiger partial charge on any atom is 0.166 e. The van der Waals surface area contributed by atoms with E-state index in [0.29, 0.717) is 11.7 Å². The average Bonchev–Trinajstić information content (AvgIpc) is 2.25. The van der Waals surface area contributed by atoms with Gasteiger partial charge in [-0.05, 0) is 17.8 Å². The van der Waals surface area contributed by atoms with Crippen LogP contribution in [-0.2, 0) is 6.54 Å². The summed E-state index contributed by atoms with van der Waals surface area (Å²) in [6.45, 7) is 0.521. The third-order valence-corrected chi connectivity index (χ3v) is 1.96. The molecule has 0 radical (unpaired) electrons. The van der Waals surface area contributed by atoms with E-state index < -0.39 is 6.67 Å². The van der Waals surface area contributed by atoms with E-state index >= 15 is 0 Å². The lowest BCUT2D eigenvalue weighted by Crippen LogP contribution is -2.35. The minimum atomic E-state index is -0.410. The van der Waals surface area contributed by atoms with Crippen molar-refractivity contribution >= 4 is 17.3 Å². The van der Waals surface area contributed by atoms with Crippen molar-refractivity contribution in [2.24, 2.45) is 0 Å². The molecule has 2 N–H and O–H groups in total. The molecule has 1 rings (SSSR count). The topological polar surface area (TPSA) is 24.1 Å². The second-order valence-corrected chi connectivity index (χ2v) is 3.19. The van der Waals surface area contributed by atoms with Gasteiger partial charge in [-0.25, -0.2) is 4.39 Å². The van der Waals surface area contributed by atoms with Crippen molar-refractivity contribution in [2.75, 3.05) is 13.2 Å². The molecular weight excluding hydrogens is 199 g/mol. The Morgan fingerprint density at radius 1 is 1.21 bits per heavy atom. The highest BCUT2D eigenvalue weighted by Gasteiger charge is 1.94. The summed E-state index contributed by atoms with van der Waals surface area (Å²) in [5.74, 6) is 0. The van der Waals surface area contributed by atoms with Crippen molar-refractivity contribution in [1.29, 1.82) is 0 Å². The molecule has 0 atom stereocenters. The summed E-state index contributed by atoms with van der Waals surface area (Å²) < 4.78 is 11.8. The molecule has 0 heterocycles. The second kappa shape index (κ2) is 6.32. The first-order valence-corrected chi connectivity index (χ1v) is 4.85. The first kappa shape index (κ1) is 10.9. The number of hydrogen-bond donors (Lipinski definition) is 2. The van der Waals surface area contributed by atoms with Crippen molar-refractivity contribution in [2.45, 2.75) is 6.54 Å². The highest BCUT2D eigenvalue weighted by Crippen LogP contribution is 1.96. The zero-order chi connectivity index (χ0) is 10.2. The Hall–Kier alpha value is -1.16. The molecule has 0 aliphatic rings. The van der Waals surface area contributed by atoms with Crippen molar-refractivity contribution in [1.82, 2.24) is 10.6 Å². The van der Waals surface area contributed by atoms with Gasteiger partial charge in [0.2, 0.25) is 0 Å². The minimum Gasteiger partial charge on any atom is -0.360 e. The van der Waals surface area contributed by atoms with Gasteiger partial charge < -0.3 is 10.6 Å². The average molecular weight is 212 g/mol. The Morgan fingerprint density at radius 3 is 2.57 bits per heavy atom. The van der Waals surface area contributed by atoms with Gasteiger partial charge in [-0.1, -0.05) is 30.3 Å². The third-order valence-electron chi connectivity index (χ3n) is 1.68. The van der Waals surface area contributed by atoms with Crippen LogP contribution >= 0.6 is 12.2 Å². The van der Waals surface area contributed by atoms with Crippen LogP contribution in [0.4, 0.5) is 4.39 Å². The van der Waals surface area contributed by atoms with Gasteiger partial charge in [0.05, 0.1) is 0 Å². The van der Waals surface area contributed by atoms with E-state index in [-0.39, 0.29) is 6.54 Å². The van der Waals surface area contributed by atoms with Crippen molar-refractivity contribution in [3.05, 3.63) is 35.9 Å². The molecular formula is C10H13FN2S. The van der Waals surface area contributed by atoms with E-state index in [1.54, 1.807) is 0 Å². The molecule has 0 saturated heterocycles. The zero-order valence-electron chi connectivity index (χ0n) is 7.79. The van der Waals surface area contributed by atoms with Crippen LogP contribution in [0.25, 0.3) is 0 Å². The molecule has 0 saturated carbocycles. The smallest absolute Gasteiger partial charge is 0.166 e. The molecule has 1 aromatic rings. The van der Waals surface area contributed by atoms with Crippen LogP contribution in [0.2, 0.25) is 0 Å². The fraction of sp³-hybridized carbons (Fsp3) is 0.300. The van der Waals surface area contributed by atoms with Crippen LogP contribution in [0.3, 0.4) is 0 Å². The number of nitrogens with one attached hydrogen (secondary N) is 2. The predicted octanol–water partition coefficient (Wildman–Crippen LogP) is 1.62. The van der Waals surface area contributed by atoms with E-state index in [1.807, 2.05) is 30.3 Å². The molecule has 0 aliphatic carbocycles. The number of thiocarbonyl (C=S) groups is 1. The van der Waals surface area contributed by atoms with Gasteiger partial charge in [0.1, 0.15) is 6.67 Å². The number of benzene rings is 1. The van der Waals surface area contributed by atoms with Gasteiger partial charge in [0, 0.05) is 13.1 Å². The van der Waals surface area contributed by atoms with E-state index in [9.17, 15) is 4.39 Å². The summed E-state index contributed by atoms with van der Waals surface area (Å²) in [6.07, 6.45) is 0. The van der Waals surface area contributed by atoms with Gasteiger partial charge in [-0.2, -0.15) is 0 Å². The fourth-order valence-electron chi connectivity index (χ4n) is 1.00. The molecule has 1 aromatic carbocycles. The van der Waals surface area contributed by atoms with Crippen molar-refractivity contribution < 1.29 is 4.39 Å². The Morgan fingerprint density at radius 2 is 1.93 bits per heavy atom. The quantitative estimate of drug-likeness (QED) is 0.742. The first-order chi connectivity index (χ1) is 6.83. The van der Waals surface area contributed by atoms with Crippen LogP contribution < -0.4 is 10.6 Å². The van der Waals surface area contributed by atoms with Crippen LogP contribution in [0.15, 0.2) is 30.3 Å². The first-order valence-electron chi connectivity index (χ1n) is 4.44. The number of rotatable bonds is 4. The van der Waals surface area contributed by atoms with Gasteiger partial charge in [-0.3, -0.25) is 0 Å². The van der Waals surface area contributed by atoms with E-state index in [1.165, 1.54) is 0 Å². The van der Waals surface area contributed by atoms with Crippen LogP contribution in [0, 0.1) is 0 Å². The van der Waals surface area contributed by atoms with Crippen molar-refractivity contribution in [3.8, 4) is 0 Å². The lowest BCUT2D eigenvalue weighted by atomic mass is 10.2. The van der Waals surface area contributed by atoms with Crippen LogP contribution in [0.5, 0.6) is 0 Å². The number of halogens is 1. The molecule has 0 bridgehead atoms. The minimum absolute atomic E-state index is 0.265. The largest absolute Gasteiger partial charge is 0.360 e. The molecule has 0 amide bonds. The van der Waals surface area contributed by atoms with Crippen LogP contribution in [0.1, 0.15) is 5.56 Å². The lowest BCUT2D eigenvalue weighted by molar-refractivity contribution is 0.490. The van der Waals surface area contributed by atoms with Crippen LogP contribution in [-0.4, -0.2) is 18.3 Å². The zero-order valence-corrected chi connectivity index (χ0v) is 8.61. The Labute approximate surface area is 88.5 Å². The Bertz CT molecular complexity index is 277. The Kier molecular flexibility index (Phi) is 4.93. The molecule has 0 unspecified atom stereocenters. The van der Waals surface area contributed by atoms with Crippen molar-refractivity contribution in [3.63, 3.8) is 0 Å². The standard InChI is InChI=1S/C10H13FN2S/c11-6-7-12-10(14)13-8-9-4-2-1-3-5-9/h1-5H,6-8H2,(H2,12,13,14). The second-order valence-electron chi connectivity index (χ2n) is 2.78. The van der Waals surface area contributed by atoms with E-state index in [2.05, 4.69) is 10.6 Å². The summed E-state index contributed by atoms with van der Waals surface area (Å²) >= 11 is 4.93. The number of alkyl halides is 1. The summed E-state index contributed by atoms with van der Waals surface area (Å²) in [4.78, 5) is 0. The molecule has 0 aliphatic heterocycles. The summed E-state index contributed by atoms with van der Waals surface area (Å²) in [6, 6.07) is 9.91. The molecule has 0 spiro atoms. The molecule has 2 nitrogen and oxygen atoms in total. The highest BCUT2D eigenvalue weighted by atomic mass is 32.1. The van der Waals surface area contributed by atoms with Gasteiger partial charge in [0.15, 0.2) is 5.11 Å². The van der Waals surface area contributed by atoms with Gasteiger partial charge in [0.25, 0.3) is 0 Å². The SMILES string of the molecule is FCCNC(=S)NCc1ccccc1. The molecule has 0 aromatic heterocycles. The molecule has 14 heavy (non-hydrogen) atoms. The predicted molar refractivity (Wildman–Crippen MR) is 59.9 cm³/mol. The van der Waals surface area contributed by atoms with E-state index in [4.69, 9.17) is 12.2 Å².